The van der Waals surface area contributed by atoms with Crippen LogP contribution in [0.3, 0.4) is 0 Å². The fraction of sp³-hybridized carbons (Fsp3) is 0.750. The van der Waals surface area contributed by atoms with Crippen LogP contribution in [0.15, 0.2) is 0 Å². The Labute approximate surface area is 88.6 Å². The van der Waals surface area contributed by atoms with Gasteiger partial charge in [-0.1, -0.05) is 0 Å². The molecule has 2 fully saturated rings. The van der Waals surface area contributed by atoms with E-state index in [9.17, 15) is 4.79 Å². The number of carbonyl (C=O) groups excluding carboxylic acids is 1. The van der Waals surface area contributed by atoms with E-state index in [1.807, 2.05) is 5.01 Å². The number of hydrogen-bond donors (Lipinski definition) is 1. The number of hydrazine groups is 1. The Morgan fingerprint density at radius 2 is 1.93 bits per heavy atom. The number of piperazine rings is 1. The second-order valence-electron chi connectivity index (χ2n) is 3.62. The highest BCUT2D eigenvalue weighted by atomic mass is 32.1. The lowest BCUT2D eigenvalue weighted by Gasteiger charge is -2.36. The summed E-state index contributed by atoms with van der Waals surface area (Å²) in [6.45, 7) is 4.03. The van der Waals surface area contributed by atoms with E-state index in [1.54, 1.807) is 5.01 Å². The predicted octanol–water partition coefficient (Wildman–Crippen LogP) is -1.13. The van der Waals surface area contributed by atoms with Gasteiger partial charge in [-0.15, -0.1) is 0 Å². The number of thiocarbonyl (C=S) groups is 1. The normalized spacial score (nSPS) is 25.6. The van der Waals surface area contributed by atoms with Gasteiger partial charge in [0, 0.05) is 26.2 Å². The highest BCUT2D eigenvalue weighted by molar-refractivity contribution is 7.80. The molecule has 78 valence electrons. The third-order valence-electron chi connectivity index (χ3n) is 2.58. The molecule has 0 unspecified atom stereocenters. The standard InChI is InChI=1S/C8H14N4OS/c1-10-2-4-11(5-3-10)12-7(13)6-9-8(12)14/h2-6H2,1H3,(H,9,14). The number of likely N-dealkylation sites (N-methyl/N-ethyl adjacent to an activating group) is 1. The van der Waals surface area contributed by atoms with Crippen LogP contribution in [0.5, 0.6) is 0 Å². The Bertz CT molecular complexity index is 246. The van der Waals surface area contributed by atoms with Gasteiger partial charge in [-0.25, -0.2) is 10.0 Å². The van der Waals surface area contributed by atoms with Gasteiger partial charge in [0.05, 0.1) is 6.54 Å². The zero-order chi connectivity index (χ0) is 10.1. The van der Waals surface area contributed by atoms with Crippen LogP contribution in [0.1, 0.15) is 0 Å². The van der Waals surface area contributed by atoms with Crippen molar-refractivity contribution >= 4 is 23.2 Å². The molecule has 0 radical (unpaired) electrons. The molecular formula is C8H14N4OS. The molecular weight excluding hydrogens is 200 g/mol. The van der Waals surface area contributed by atoms with Gasteiger partial charge >= 0.3 is 0 Å². The molecule has 0 aliphatic carbocycles. The van der Waals surface area contributed by atoms with E-state index >= 15 is 0 Å². The Hall–Kier alpha value is -0.720. The topological polar surface area (TPSA) is 38.8 Å². The van der Waals surface area contributed by atoms with E-state index in [-0.39, 0.29) is 5.91 Å². The Morgan fingerprint density at radius 3 is 2.43 bits per heavy atom. The van der Waals surface area contributed by atoms with E-state index in [2.05, 4.69) is 17.3 Å². The van der Waals surface area contributed by atoms with Crippen molar-refractivity contribution in [2.24, 2.45) is 0 Å². The second kappa shape index (κ2) is 3.80. The third kappa shape index (κ3) is 1.73. The van der Waals surface area contributed by atoms with Crippen LogP contribution in [0.4, 0.5) is 0 Å². The summed E-state index contributed by atoms with van der Waals surface area (Å²) >= 11 is 5.07. The van der Waals surface area contributed by atoms with Gasteiger partial charge in [0.25, 0.3) is 5.91 Å². The first-order valence-electron chi connectivity index (χ1n) is 4.72. The summed E-state index contributed by atoms with van der Waals surface area (Å²) in [5, 5.41) is 7.04. The minimum atomic E-state index is 0.0551. The predicted molar refractivity (Wildman–Crippen MR) is 56.5 cm³/mol. The molecule has 6 heteroatoms. The maximum absolute atomic E-state index is 11.5. The van der Waals surface area contributed by atoms with E-state index in [1.165, 1.54) is 0 Å². The van der Waals surface area contributed by atoms with Crippen molar-refractivity contribution in [1.82, 2.24) is 20.2 Å². The average Bonchev–Trinajstić information content (AvgIpc) is 2.49. The average molecular weight is 214 g/mol. The molecule has 0 atom stereocenters. The minimum absolute atomic E-state index is 0.0551. The first-order chi connectivity index (χ1) is 6.68. The molecule has 1 amide bonds. The van der Waals surface area contributed by atoms with Crippen LogP contribution in [-0.2, 0) is 4.79 Å². The molecule has 0 aromatic heterocycles. The van der Waals surface area contributed by atoms with Gasteiger partial charge in [-0.2, -0.15) is 0 Å². The highest BCUT2D eigenvalue weighted by Crippen LogP contribution is 2.08. The van der Waals surface area contributed by atoms with Gasteiger partial charge < -0.3 is 10.2 Å². The van der Waals surface area contributed by atoms with E-state index in [0.29, 0.717) is 11.7 Å². The molecule has 2 aliphatic heterocycles. The molecule has 0 saturated carbocycles. The van der Waals surface area contributed by atoms with Gasteiger partial charge in [-0.05, 0) is 19.3 Å². The number of amides is 1. The minimum Gasteiger partial charge on any atom is -0.352 e. The molecule has 0 bridgehead atoms. The van der Waals surface area contributed by atoms with Crippen molar-refractivity contribution < 1.29 is 4.79 Å². The summed E-state index contributed by atoms with van der Waals surface area (Å²) in [6, 6.07) is 0. The van der Waals surface area contributed by atoms with Crippen LogP contribution in [0.25, 0.3) is 0 Å². The summed E-state index contributed by atoms with van der Waals surface area (Å²) in [5.74, 6) is 0.0551. The van der Waals surface area contributed by atoms with E-state index in [4.69, 9.17) is 12.2 Å². The van der Waals surface area contributed by atoms with Crippen molar-refractivity contribution in [2.75, 3.05) is 39.8 Å². The zero-order valence-corrected chi connectivity index (χ0v) is 9.01. The highest BCUT2D eigenvalue weighted by Gasteiger charge is 2.32. The molecule has 2 rings (SSSR count). The number of rotatable bonds is 1. The largest absolute Gasteiger partial charge is 0.352 e. The lowest BCUT2D eigenvalue weighted by atomic mass is 10.4. The van der Waals surface area contributed by atoms with Gasteiger partial charge in [-0.3, -0.25) is 4.79 Å². The first-order valence-corrected chi connectivity index (χ1v) is 5.13. The lowest BCUT2D eigenvalue weighted by molar-refractivity contribution is -0.137. The summed E-state index contributed by atoms with van der Waals surface area (Å²) in [5.41, 5.74) is 0. The SMILES string of the molecule is CN1CCN(N2C(=O)CNC2=S)CC1. The number of nitrogens with zero attached hydrogens (tertiary/aromatic N) is 3. The Morgan fingerprint density at radius 1 is 1.29 bits per heavy atom. The number of nitrogens with one attached hydrogen (secondary N) is 1. The fourth-order valence-corrected chi connectivity index (χ4v) is 1.99. The van der Waals surface area contributed by atoms with Gasteiger partial charge in [0.2, 0.25) is 0 Å². The monoisotopic (exact) mass is 214 g/mol. The fourth-order valence-electron chi connectivity index (χ4n) is 1.70. The summed E-state index contributed by atoms with van der Waals surface area (Å²) in [4.78, 5) is 13.7. The summed E-state index contributed by atoms with van der Waals surface area (Å²) in [7, 11) is 2.08. The van der Waals surface area contributed by atoms with Crippen LogP contribution in [0, 0.1) is 0 Å². The molecule has 0 aromatic carbocycles. The maximum atomic E-state index is 11.5. The van der Waals surface area contributed by atoms with E-state index < -0.39 is 0 Å². The molecule has 1 N–H and O–H groups in total. The Kier molecular flexibility index (Phi) is 2.66. The molecule has 0 spiro atoms. The molecule has 14 heavy (non-hydrogen) atoms. The zero-order valence-electron chi connectivity index (χ0n) is 8.19. The smallest absolute Gasteiger partial charge is 0.262 e. The van der Waals surface area contributed by atoms with Crippen molar-refractivity contribution in [3.8, 4) is 0 Å². The second-order valence-corrected chi connectivity index (χ2v) is 4.01. The van der Waals surface area contributed by atoms with Crippen molar-refractivity contribution in [3.63, 3.8) is 0 Å². The Balaban J connectivity index is 2.00. The summed E-state index contributed by atoms with van der Waals surface area (Å²) in [6.07, 6.45) is 0. The molecule has 2 saturated heterocycles. The molecule has 2 heterocycles. The van der Waals surface area contributed by atoms with Crippen molar-refractivity contribution in [1.29, 1.82) is 0 Å². The quantitative estimate of drug-likeness (QED) is 0.559. The van der Waals surface area contributed by atoms with Gasteiger partial charge in [0.1, 0.15) is 0 Å². The molecule has 0 aromatic rings. The number of hydrogen-bond acceptors (Lipinski definition) is 4. The molecule has 2 aliphatic rings. The maximum Gasteiger partial charge on any atom is 0.262 e. The summed E-state index contributed by atoms with van der Waals surface area (Å²) < 4.78 is 0. The van der Waals surface area contributed by atoms with Crippen LogP contribution >= 0.6 is 12.2 Å². The van der Waals surface area contributed by atoms with Crippen LogP contribution < -0.4 is 5.32 Å². The third-order valence-corrected chi connectivity index (χ3v) is 2.90. The van der Waals surface area contributed by atoms with E-state index in [0.717, 1.165) is 26.2 Å². The molecule has 5 nitrogen and oxygen atoms in total. The number of carbonyl (C=O) groups is 1. The first kappa shape index (κ1) is 9.82. The van der Waals surface area contributed by atoms with Gasteiger partial charge in [0.15, 0.2) is 5.11 Å². The van der Waals surface area contributed by atoms with Crippen LogP contribution in [0.2, 0.25) is 0 Å². The van der Waals surface area contributed by atoms with Crippen molar-refractivity contribution in [3.05, 3.63) is 0 Å². The van der Waals surface area contributed by atoms with Crippen LogP contribution in [-0.4, -0.2) is 65.7 Å². The van der Waals surface area contributed by atoms with Crippen molar-refractivity contribution in [2.45, 2.75) is 0 Å². The lowest BCUT2D eigenvalue weighted by Crippen LogP contribution is -2.54.